The Kier molecular flexibility index (Phi) is 4.66. The molecule has 0 bridgehead atoms. The number of nitrogens with zero attached hydrogens (tertiary/aromatic N) is 2. The number of allylic oxidation sites excluding steroid dienone is 4. The van der Waals surface area contributed by atoms with Crippen LogP contribution in [0.5, 0.6) is 0 Å². The third-order valence-corrected chi connectivity index (χ3v) is 9.60. The van der Waals surface area contributed by atoms with Gasteiger partial charge in [0.25, 0.3) is 0 Å². The van der Waals surface area contributed by atoms with E-state index in [4.69, 9.17) is 0 Å². The van der Waals surface area contributed by atoms with Crippen LogP contribution in [0.4, 0.5) is 0 Å². The van der Waals surface area contributed by atoms with Crippen LogP contribution in [0.15, 0.2) is 95.6 Å². The quantitative estimate of drug-likeness (QED) is 0.604. The van der Waals surface area contributed by atoms with Gasteiger partial charge in [-0.25, -0.2) is 0 Å². The Morgan fingerprint density at radius 2 is 1.33 bits per heavy atom. The SMILES string of the molecule is N#CC1=CC(c2cccs2)=CC(C#N)=P1(c1ccccc1)c1ccccc1. The fourth-order valence-corrected chi connectivity index (χ4v) is 8.06. The molecule has 2 aromatic carbocycles. The van der Waals surface area contributed by atoms with Gasteiger partial charge < -0.3 is 0 Å². The summed E-state index contributed by atoms with van der Waals surface area (Å²) in [6, 6.07) is 28.9. The van der Waals surface area contributed by atoms with Gasteiger partial charge in [-0.05, 0) is 39.8 Å². The van der Waals surface area contributed by atoms with E-state index in [1.54, 1.807) is 11.3 Å². The number of thiophene rings is 1. The second kappa shape index (κ2) is 7.26. The summed E-state index contributed by atoms with van der Waals surface area (Å²) < 4.78 is 0. The summed E-state index contributed by atoms with van der Waals surface area (Å²) in [4.78, 5) is 1.06. The Morgan fingerprint density at radius 1 is 0.704 bits per heavy atom. The molecular formula is C23H15N2PS. The van der Waals surface area contributed by atoms with Crippen LogP contribution in [0.3, 0.4) is 0 Å². The first-order valence-electron chi connectivity index (χ1n) is 8.46. The zero-order valence-electron chi connectivity index (χ0n) is 14.4. The number of nitriles is 2. The minimum absolute atomic E-state index is 0.669. The zero-order chi connectivity index (χ0) is 18.7. The van der Waals surface area contributed by atoms with E-state index in [0.717, 1.165) is 21.1 Å². The van der Waals surface area contributed by atoms with E-state index in [0.29, 0.717) is 10.6 Å². The second-order valence-electron chi connectivity index (χ2n) is 6.06. The highest BCUT2D eigenvalue weighted by molar-refractivity contribution is 7.93. The maximum absolute atomic E-state index is 10.1. The fraction of sp³-hybridized carbons (Fsp3) is 0. The van der Waals surface area contributed by atoms with Crippen molar-refractivity contribution in [3.05, 3.63) is 101 Å². The lowest BCUT2D eigenvalue weighted by atomic mass is 10.1. The number of hydrogen-bond acceptors (Lipinski definition) is 3. The number of rotatable bonds is 3. The first-order valence-corrected chi connectivity index (χ1v) is 11.1. The molecule has 27 heavy (non-hydrogen) atoms. The summed E-state index contributed by atoms with van der Waals surface area (Å²) in [5, 5.41) is 25.7. The van der Waals surface area contributed by atoms with Crippen molar-refractivity contribution in [2.45, 2.75) is 0 Å². The van der Waals surface area contributed by atoms with Crippen molar-refractivity contribution in [3.8, 4) is 12.1 Å². The Labute approximate surface area is 162 Å². The molecule has 0 saturated heterocycles. The fourth-order valence-electron chi connectivity index (χ4n) is 3.47. The predicted molar refractivity (Wildman–Crippen MR) is 116 cm³/mol. The van der Waals surface area contributed by atoms with E-state index in [-0.39, 0.29) is 0 Å². The molecule has 0 unspecified atom stereocenters. The molecule has 128 valence electrons. The van der Waals surface area contributed by atoms with Gasteiger partial charge in [-0.2, -0.15) is 10.5 Å². The van der Waals surface area contributed by atoms with E-state index in [9.17, 15) is 10.5 Å². The molecule has 0 fully saturated rings. The monoisotopic (exact) mass is 382 g/mol. The normalized spacial score (nSPS) is 15.3. The van der Waals surface area contributed by atoms with Crippen molar-refractivity contribution in [2.75, 3.05) is 0 Å². The highest BCUT2D eigenvalue weighted by Gasteiger charge is 2.34. The maximum atomic E-state index is 10.1. The molecule has 0 atom stereocenters. The summed E-state index contributed by atoms with van der Waals surface area (Å²) in [6.07, 6.45) is 3.95. The highest BCUT2D eigenvalue weighted by Crippen LogP contribution is 2.57. The van der Waals surface area contributed by atoms with Crippen LogP contribution in [-0.2, 0) is 0 Å². The predicted octanol–water partition coefficient (Wildman–Crippen LogP) is 4.92. The molecule has 4 heteroatoms. The summed E-state index contributed by atoms with van der Waals surface area (Å²) in [5.41, 5.74) is 0.931. The molecule has 0 amide bonds. The minimum Gasteiger partial charge on any atom is -0.192 e. The molecule has 0 aliphatic carbocycles. The molecule has 0 N–H and O–H groups in total. The first kappa shape index (κ1) is 17.3. The molecule has 0 spiro atoms. The molecule has 0 radical (unpaired) electrons. The largest absolute Gasteiger partial charge is 0.192 e. The molecule has 2 nitrogen and oxygen atoms in total. The molecule has 1 aliphatic rings. The van der Waals surface area contributed by atoms with Gasteiger partial charge in [0, 0.05) is 11.8 Å². The van der Waals surface area contributed by atoms with E-state index in [1.807, 2.05) is 90.3 Å². The van der Waals surface area contributed by atoms with Crippen LogP contribution < -0.4 is 10.6 Å². The van der Waals surface area contributed by atoms with Crippen LogP contribution in [-0.4, -0.2) is 5.29 Å². The molecular weight excluding hydrogens is 367 g/mol. The van der Waals surface area contributed by atoms with Crippen molar-refractivity contribution in [2.24, 2.45) is 0 Å². The van der Waals surface area contributed by atoms with E-state index in [1.165, 1.54) is 0 Å². The maximum Gasteiger partial charge on any atom is 0.100 e. The van der Waals surface area contributed by atoms with Gasteiger partial charge >= 0.3 is 0 Å². The van der Waals surface area contributed by atoms with E-state index < -0.39 is 6.89 Å². The van der Waals surface area contributed by atoms with Crippen molar-refractivity contribution in [3.63, 3.8) is 0 Å². The molecule has 3 aromatic rings. The molecule has 4 rings (SSSR count). The third-order valence-electron chi connectivity index (χ3n) is 4.63. The lowest BCUT2D eigenvalue weighted by Gasteiger charge is -2.31. The Balaban J connectivity index is 2.16. The number of benzene rings is 2. The Morgan fingerprint density at radius 3 is 1.81 bits per heavy atom. The molecule has 0 saturated carbocycles. The molecule has 2 heterocycles. The van der Waals surface area contributed by atoms with Gasteiger partial charge in [0.05, 0.1) is 10.6 Å². The zero-order valence-corrected chi connectivity index (χ0v) is 16.1. The topological polar surface area (TPSA) is 47.6 Å². The van der Waals surface area contributed by atoms with Crippen LogP contribution in [0, 0.1) is 22.7 Å². The summed E-state index contributed by atoms with van der Waals surface area (Å²) in [6.45, 7) is -2.47. The average molecular weight is 382 g/mol. The van der Waals surface area contributed by atoms with Crippen LogP contribution in [0.1, 0.15) is 4.88 Å². The average Bonchev–Trinajstić information content (AvgIpc) is 3.28. The first-order chi connectivity index (χ1) is 13.3. The van der Waals surface area contributed by atoms with Crippen molar-refractivity contribution in [1.82, 2.24) is 0 Å². The van der Waals surface area contributed by atoms with Gasteiger partial charge in [-0.15, -0.1) is 11.3 Å². The van der Waals surface area contributed by atoms with Crippen LogP contribution >= 0.6 is 18.2 Å². The summed E-state index contributed by atoms with van der Waals surface area (Å²) in [5.74, 6) is 0. The summed E-state index contributed by atoms with van der Waals surface area (Å²) >= 11 is 1.61. The smallest absolute Gasteiger partial charge is 0.100 e. The van der Waals surface area contributed by atoms with Gasteiger partial charge in [-0.1, -0.05) is 66.7 Å². The molecule has 1 aromatic heterocycles. The van der Waals surface area contributed by atoms with Gasteiger partial charge in [0.2, 0.25) is 0 Å². The Hall–Kier alpha value is -3.10. The van der Waals surface area contributed by atoms with Crippen LogP contribution in [0.2, 0.25) is 0 Å². The Bertz CT molecular complexity index is 1130. The van der Waals surface area contributed by atoms with Crippen LogP contribution in [0.25, 0.3) is 5.57 Å². The van der Waals surface area contributed by atoms with Crippen molar-refractivity contribution in [1.29, 1.82) is 10.5 Å². The standard InChI is InChI=1S/C23H15N2PS/c24-16-21-14-18(23-12-7-13-27-23)15-22(17-25)26(21,19-8-3-1-4-9-19)20-10-5-2-6-11-20/h1-15H. The van der Waals surface area contributed by atoms with Gasteiger partial charge in [0.15, 0.2) is 0 Å². The molecule has 1 aliphatic heterocycles. The minimum atomic E-state index is -2.47. The lowest BCUT2D eigenvalue weighted by molar-refractivity contribution is 1.52. The summed E-state index contributed by atoms with van der Waals surface area (Å²) in [7, 11) is 0. The highest BCUT2D eigenvalue weighted by atomic mass is 32.1. The number of hydrogen-bond donors (Lipinski definition) is 0. The lowest BCUT2D eigenvalue weighted by Crippen LogP contribution is -2.24. The van der Waals surface area contributed by atoms with Gasteiger partial charge in [0.1, 0.15) is 12.1 Å². The third kappa shape index (κ3) is 2.79. The van der Waals surface area contributed by atoms with Gasteiger partial charge in [-0.3, -0.25) is 0 Å². The van der Waals surface area contributed by atoms with E-state index in [2.05, 4.69) is 12.1 Å². The van der Waals surface area contributed by atoms with Crippen molar-refractivity contribution < 1.29 is 0 Å². The second-order valence-corrected chi connectivity index (χ2v) is 10.3. The van der Waals surface area contributed by atoms with Crippen molar-refractivity contribution >= 4 is 39.7 Å². The van der Waals surface area contributed by atoms with E-state index >= 15 is 0 Å².